The molecule has 0 amide bonds. The van der Waals surface area contributed by atoms with Gasteiger partial charge in [-0.1, -0.05) is 19.3 Å². The molecule has 17 heavy (non-hydrogen) atoms. The molecule has 2 fully saturated rings. The first kappa shape index (κ1) is 12.8. The standard InChI is InChI=1S/C12H21NO4/c14-10-5-3-1-2-4-9(10)13-6-7-17-11(8-13)12(15)16/h9-11,14H,1-8H2,(H,15,16). The van der Waals surface area contributed by atoms with Gasteiger partial charge in [0.05, 0.1) is 12.7 Å². The number of carboxylic acids is 1. The summed E-state index contributed by atoms with van der Waals surface area (Å²) >= 11 is 0. The minimum atomic E-state index is -0.905. The molecule has 0 aromatic carbocycles. The molecule has 0 aromatic rings. The second kappa shape index (κ2) is 5.80. The van der Waals surface area contributed by atoms with Crippen LogP contribution in [0.25, 0.3) is 0 Å². The fraction of sp³-hybridized carbons (Fsp3) is 0.917. The number of aliphatic hydroxyl groups is 1. The summed E-state index contributed by atoms with van der Waals surface area (Å²) in [6.45, 7) is 1.57. The van der Waals surface area contributed by atoms with Crippen molar-refractivity contribution in [2.24, 2.45) is 0 Å². The molecule has 3 unspecified atom stereocenters. The van der Waals surface area contributed by atoms with Gasteiger partial charge in [-0.2, -0.15) is 0 Å². The quantitative estimate of drug-likeness (QED) is 0.690. The highest BCUT2D eigenvalue weighted by molar-refractivity contribution is 5.72. The predicted molar refractivity (Wildman–Crippen MR) is 61.8 cm³/mol. The Hall–Kier alpha value is -0.650. The largest absolute Gasteiger partial charge is 0.479 e. The molecule has 2 rings (SSSR count). The Kier molecular flexibility index (Phi) is 4.36. The molecule has 3 atom stereocenters. The summed E-state index contributed by atoms with van der Waals surface area (Å²) in [6.07, 6.45) is 4.11. The number of carbonyl (C=O) groups is 1. The van der Waals surface area contributed by atoms with Gasteiger partial charge < -0.3 is 14.9 Å². The Morgan fingerprint density at radius 2 is 2.00 bits per heavy atom. The van der Waals surface area contributed by atoms with Crippen LogP contribution in [0.15, 0.2) is 0 Å². The van der Waals surface area contributed by atoms with Crippen LogP contribution in [0, 0.1) is 0 Å². The number of hydrogen-bond acceptors (Lipinski definition) is 4. The van der Waals surface area contributed by atoms with Crippen LogP contribution in [-0.4, -0.2) is 59.0 Å². The summed E-state index contributed by atoms with van der Waals surface area (Å²) in [5.41, 5.74) is 0. The van der Waals surface area contributed by atoms with Gasteiger partial charge in [0.1, 0.15) is 0 Å². The molecular weight excluding hydrogens is 222 g/mol. The highest BCUT2D eigenvalue weighted by Gasteiger charge is 2.33. The second-order valence-corrected chi connectivity index (χ2v) is 4.97. The van der Waals surface area contributed by atoms with Gasteiger partial charge in [0.15, 0.2) is 6.10 Å². The van der Waals surface area contributed by atoms with Gasteiger partial charge in [0, 0.05) is 19.1 Å². The molecule has 0 aromatic heterocycles. The van der Waals surface area contributed by atoms with Crippen molar-refractivity contribution < 1.29 is 19.7 Å². The van der Waals surface area contributed by atoms with Gasteiger partial charge in [-0.05, 0) is 12.8 Å². The van der Waals surface area contributed by atoms with Gasteiger partial charge in [-0.3, -0.25) is 4.90 Å². The number of aliphatic hydroxyl groups excluding tert-OH is 1. The monoisotopic (exact) mass is 243 g/mol. The molecule has 1 heterocycles. The maximum Gasteiger partial charge on any atom is 0.334 e. The molecule has 0 bridgehead atoms. The Balaban J connectivity index is 1.97. The number of aliphatic carboxylic acids is 1. The Bertz CT molecular complexity index is 271. The highest BCUT2D eigenvalue weighted by Crippen LogP contribution is 2.24. The molecule has 0 spiro atoms. The summed E-state index contributed by atoms with van der Waals surface area (Å²) in [4.78, 5) is 13.0. The van der Waals surface area contributed by atoms with E-state index in [9.17, 15) is 9.90 Å². The van der Waals surface area contributed by atoms with Crippen molar-refractivity contribution >= 4 is 5.97 Å². The van der Waals surface area contributed by atoms with Crippen molar-refractivity contribution in [3.63, 3.8) is 0 Å². The van der Waals surface area contributed by atoms with Gasteiger partial charge in [0.25, 0.3) is 0 Å². The van der Waals surface area contributed by atoms with Crippen LogP contribution in [0.3, 0.4) is 0 Å². The van der Waals surface area contributed by atoms with Crippen molar-refractivity contribution in [1.29, 1.82) is 0 Å². The maximum atomic E-state index is 10.9. The highest BCUT2D eigenvalue weighted by atomic mass is 16.5. The lowest BCUT2D eigenvalue weighted by Gasteiger charge is -2.38. The molecule has 98 valence electrons. The fourth-order valence-corrected chi connectivity index (χ4v) is 2.81. The molecule has 5 nitrogen and oxygen atoms in total. The lowest BCUT2D eigenvalue weighted by atomic mass is 10.0. The summed E-state index contributed by atoms with van der Waals surface area (Å²) in [6, 6.07) is 0.114. The zero-order valence-electron chi connectivity index (χ0n) is 10.0. The van der Waals surface area contributed by atoms with E-state index >= 15 is 0 Å². The van der Waals surface area contributed by atoms with E-state index in [-0.39, 0.29) is 12.1 Å². The van der Waals surface area contributed by atoms with Crippen molar-refractivity contribution in [1.82, 2.24) is 4.90 Å². The second-order valence-electron chi connectivity index (χ2n) is 4.97. The van der Waals surface area contributed by atoms with Crippen molar-refractivity contribution in [3.05, 3.63) is 0 Å². The van der Waals surface area contributed by atoms with Gasteiger partial charge >= 0.3 is 5.97 Å². The Morgan fingerprint density at radius 3 is 2.76 bits per heavy atom. The topological polar surface area (TPSA) is 70.0 Å². The third-order valence-electron chi connectivity index (χ3n) is 3.79. The third-order valence-corrected chi connectivity index (χ3v) is 3.79. The van der Waals surface area contributed by atoms with E-state index < -0.39 is 12.1 Å². The van der Waals surface area contributed by atoms with Crippen LogP contribution >= 0.6 is 0 Å². The van der Waals surface area contributed by atoms with Crippen LogP contribution in [0.5, 0.6) is 0 Å². The van der Waals surface area contributed by atoms with Crippen LogP contribution in [0.4, 0.5) is 0 Å². The smallest absolute Gasteiger partial charge is 0.334 e. The predicted octanol–water partition coefficient (Wildman–Crippen LogP) is 0.465. The SMILES string of the molecule is O=C(O)C1CN(C2CCCCCC2O)CCO1. The zero-order chi connectivity index (χ0) is 12.3. The fourth-order valence-electron chi connectivity index (χ4n) is 2.81. The van der Waals surface area contributed by atoms with Crippen LogP contribution in [0.1, 0.15) is 32.1 Å². The Morgan fingerprint density at radius 1 is 1.24 bits per heavy atom. The van der Waals surface area contributed by atoms with Crippen molar-refractivity contribution in [2.45, 2.75) is 50.4 Å². The van der Waals surface area contributed by atoms with Crippen LogP contribution in [-0.2, 0) is 9.53 Å². The summed E-state index contributed by atoms with van der Waals surface area (Å²) in [5.74, 6) is -0.905. The van der Waals surface area contributed by atoms with Crippen molar-refractivity contribution in [2.75, 3.05) is 19.7 Å². The molecule has 1 aliphatic heterocycles. The molecule has 2 N–H and O–H groups in total. The molecule has 0 radical (unpaired) electrons. The third kappa shape index (κ3) is 3.18. The van der Waals surface area contributed by atoms with E-state index in [1.165, 1.54) is 6.42 Å². The summed E-state index contributed by atoms with van der Waals surface area (Å²) < 4.78 is 5.20. The molecule has 1 aliphatic carbocycles. The number of carboxylic acid groups (broad SMARTS) is 1. The number of nitrogens with zero attached hydrogens (tertiary/aromatic N) is 1. The normalized spacial score (nSPS) is 36.4. The molecule has 5 heteroatoms. The van der Waals surface area contributed by atoms with Gasteiger partial charge in [-0.25, -0.2) is 4.79 Å². The number of morpholine rings is 1. The van der Waals surface area contributed by atoms with E-state index in [4.69, 9.17) is 9.84 Å². The van der Waals surface area contributed by atoms with E-state index in [1.54, 1.807) is 0 Å². The number of ether oxygens (including phenoxy) is 1. The first-order valence-corrected chi connectivity index (χ1v) is 6.45. The van der Waals surface area contributed by atoms with E-state index in [0.717, 1.165) is 32.2 Å². The average molecular weight is 243 g/mol. The minimum absolute atomic E-state index is 0.114. The summed E-state index contributed by atoms with van der Waals surface area (Å²) in [5, 5.41) is 19.1. The molecule has 1 saturated heterocycles. The lowest BCUT2D eigenvalue weighted by molar-refractivity contribution is -0.158. The maximum absolute atomic E-state index is 10.9. The van der Waals surface area contributed by atoms with Crippen LogP contribution < -0.4 is 0 Å². The Labute approximate surface area is 101 Å². The molecule has 2 aliphatic rings. The van der Waals surface area contributed by atoms with E-state index in [0.29, 0.717) is 13.2 Å². The number of rotatable bonds is 2. The van der Waals surface area contributed by atoms with Gasteiger partial charge in [0.2, 0.25) is 0 Å². The van der Waals surface area contributed by atoms with E-state index in [2.05, 4.69) is 4.90 Å². The average Bonchev–Trinajstić information content (AvgIpc) is 2.54. The molecule has 1 saturated carbocycles. The molecular formula is C12H21NO4. The summed E-state index contributed by atoms with van der Waals surface area (Å²) in [7, 11) is 0. The zero-order valence-corrected chi connectivity index (χ0v) is 10.0. The van der Waals surface area contributed by atoms with Crippen molar-refractivity contribution in [3.8, 4) is 0 Å². The first-order valence-electron chi connectivity index (χ1n) is 6.45. The van der Waals surface area contributed by atoms with Crippen LogP contribution in [0.2, 0.25) is 0 Å². The van der Waals surface area contributed by atoms with Gasteiger partial charge in [-0.15, -0.1) is 0 Å². The van der Waals surface area contributed by atoms with E-state index in [1.807, 2.05) is 0 Å². The number of hydrogen-bond donors (Lipinski definition) is 2. The first-order chi connectivity index (χ1) is 8.18. The minimum Gasteiger partial charge on any atom is -0.479 e. The lowest BCUT2D eigenvalue weighted by Crippen LogP contribution is -2.53.